The first-order valence-corrected chi connectivity index (χ1v) is 17.0. The summed E-state index contributed by atoms with van der Waals surface area (Å²) in [5.41, 5.74) is 3.32. The quantitative estimate of drug-likeness (QED) is 0.0520. The van der Waals surface area contributed by atoms with Gasteiger partial charge in [0.25, 0.3) is 23.3 Å². The minimum Gasteiger partial charge on any atom is -0.354 e. The molecule has 0 atom stereocenters. The zero-order valence-corrected chi connectivity index (χ0v) is 30.6. The molecule has 300 valence electrons. The molecule has 0 radical (unpaired) electrons. The lowest BCUT2D eigenvalue weighted by Crippen LogP contribution is -2.42. The van der Waals surface area contributed by atoms with Crippen molar-refractivity contribution in [3.63, 3.8) is 0 Å². The predicted molar refractivity (Wildman–Crippen MR) is 190 cm³/mol. The number of fused-ring (bicyclic) bond motifs is 1. The van der Waals surface area contributed by atoms with Crippen molar-refractivity contribution in [2.75, 3.05) is 43.1 Å². The van der Waals surface area contributed by atoms with E-state index in [1.54, 1.807) is 27.7 Å². The number of anilines is 2. The zero-order valence-electron chi connectivity index (χ0n) is 30.6. The van der Waals surface area contributed by atoms with Gasteiger partial charge in [0, 0.05) is 55.4 Å². The summed E-state index contributed by atoms with van der Waals surface area (Å²) in [6, 6.07) is 4.66. The molecule has 0 spiro atoms. The Labute approximate surface area is 316 Å². The number of nitrogens with zero attached hydrogens (tertiary/aromatic N) is 5. The first-order chi connectivity index (χ1) is 26.3. The molecule has 0 saturated carbocycles. The van der Waals surface area contributed by atoms with Gasteiger partial charge in [0.15, 0.2) is 17.0 Å². The van der Waals surface area contributed by atoms with Crippen molar-refractivity contribution in [3.8, 4) is 0 Å². The summed E-state index contributed by atoms with van der Waals surface area (Å²) in [6.45, 7) is 6.12. The Morgan fingerprint density at radius 3 is 2.21 bits per heavy atom. The van der Waals surface area contributed by atoms with Crippen LogP contribution in [-0.2, 0) is 40.0 Å². The molecular formula is C34H39F3N10O9. The van der Waals surface area contributed by atoms with Crippen LogP contribution in [0.5, 0.6) is 0 Å². The third-order valence-corrected chi connectivity index (χ3v) is 7.70. The summed E-state index contributed by atoms with van der Waals surface area (Å²) < 4.78 is 52.2. The van der Waals surface area contributed by atoms with Crippen LogP contribution in [-0.4, -0.2) is 105 Å². The Morgan fingerprint density at radius 2 is 1.59 bits per heavy atom. The van der Waals surface area contributed by atoms with E-state index in [-0.39, 0.29) is 79.2 Å². The molecule has 22 heteroatoms. The Hall–Kier alpha value is -6.13. The molecule has 2 aromatic heterocycles. The number of carbonyl (C=O) groups is 6. The number of aromatic amines is 1. The second-order valence-corrected chi connectivity index (χ2v) is 12.8. The standard InChI is InChI=1S/C34H39F3N10O9/c1-19(2)28(51)43-32-42-27-26(30(53)44-32)41-21(17-39-27)18-47(31(54)34(35,36)37)22-7-5-20(6-8-22)29(52)45-40-13-16-56-33(3,4)55-15-12-38-23(48)11-14-46-24(49)9-10-25(46)50/h5-10,17,19,40H,11-16,18H2,1-4H3,(H,38,48)(H,45,52)(H2,39,42,43,44,51,53). The van der Waals surface area contributed by atoms with Crippen LogP contribution in [0.25, 0.3) is 11.2 Å². The van der Waals surface area contributed by atoms with Crippen molar-refractivity contribution in [2.24, 2.45) is 5.92 Å². The number of benzene rings is 1. The highest BCUT2D eigenvalue weighted by molar-refractivity contribution is 6.13. The smallest absolute Gasteiger partial charge is 0.354 e. The number of hydrazine groups is 1. The number of rotatable bonds is 18. The van der Waals surface area contributed by atoms with Crippen LogP contribution in [0.1, 0.15) is 50.2 Å². The van der Waals surface area contributed by atoms with E-state index in [0.29, 0.717) is 4.90 Å². The van der Waals surface area contributed by atoms with Crippen molar-refractivity contribution in [2.45, 2.75) is 52.6 Å². The van der Waals surface area contributed by atoms with Crippen LogP contribution in [0.2, 0.25) is 0 Å². The number of alkyl halides is 3. The third-order valence-electron chi connectivity index (χ3n) is 7.70. The fourth-order valence-electron chi connectivity index (χ4n) is 4.78. The predicted octanol–water partition coefficient (Wildman–Crippen LogP) is 0.838. The number of hydrogen-bond acceptors (Lipinski definition) is 13. The number of amides is 6. The molecule has 1 aliphatic rings. The minimum absolute atomic E-state index is 0.0334. The average molecular weight is 789 g/mol. The Bertz CT molecular complexity index is 2040. The van der Waals surface area contributed by atoms with Crippen LogP contribution in [0, 0.1) is 5.92 Å². The van der Waals surface area contributed by atoms with Gasteiger partial charge in [0.2, 0.25) is 17.8 Å². The van der Waals surface area contributed by atoms with Crippen LogP contribution in [0.15, 0.2) is 47.4 Å². The normalized spacial score (nSPS) is 13.0. The topological polar surface area (TPSA) is 247 Å². The summed E-state index contributed by atoms with van der Waals surface area (Å²) in [4.78, 5) is 101. The minimum atomic E-state index is -5.29. The maximum atomic E-state index is 13.6. The molecule has 3 heterocycles. The number of H-pyrrole nitrogens is 1. The first-order valence-electron chi connectivity index (χ1n) is 17.0. The van der Waals surface area contributed by atoms with Gasteiger partial charge in [0.05, 0.1) is 31.6 Å². The Balaban J connectivity index is 1.25. The van der Waals surface area contributed by atoms with E-state index in [1.165, 1.54) is 12.1 Å². The number of hydrogen-bond donors (Lipinski definition) is 5. The molecule has 6 amide bonds. The van der Waals surface area contributed by atoms with Crippen LogP contribution in [0.3, 0.4) is 0 Å². The average Bonchev–Trinajstić information content (AvgIpc) is 3.46. The number of imide groups is 1. The molecule has 3 aromatic rings. The van der Waals surface area contributed by atoms with Gasteiger partial charge in [0.1, 0.15) is 0 Å². The fourth-order valence-corrected chi connectivity index (χ4v) is 4.78. The molecule has 1 aliphatic heterocycles. The van der Waals surface area contributed by atoms with Gasteiger partial charge >= 0.3 is 12.1 Å². The highest BCUT2D eigenvalue weighted by Crippen LogP contribution is 2.26. The van der Waals surface area contributed by atoms with Gasteiger partial charge in [-0.2, -0.15) is 18.2 Å². The molecule has 19 nitrogen and oxygen atoms in total. The van der Waals surface area contributed by atoms with Crippen LogP contribution >= 0.6 is 0 Å². The number of ether oxygens (including phenoxy) is 2. The third kappa shape index (κ3) is 11.9. The molecule has 0 saturated heterocycles. The van der Waals surface area contributed by atoms with Gasteiger partial charge < -0.3 is 14.8 Å². The van der Waals surface area contributed by atoms with Crippen LogP contribution < -0.4 is 31.9 Å². The maximum Gasteiger partial charge on any atom is 0.471 e. The molecular weight excluding hydrogens is 749 g/mol. The van der Waals surface area contributed by atoms with Gasteiger partial charge in [-0.15, -0.1) is 0 Å². The first kappa shape index (κ1) is 42.6. The van der Waals surface area contributed by atoms with E-state index in [1.807, 2.05) is 0 Å². The lowest BCUT2D eigenvalue weighted by molar-refractivity contribution is -0.211. The zero-order chi connectivity index (χ0) is 41.2. The molecule has 0 fully saturated rings. The summed E-state index contributed by atoms with van der Waals surface area (Å²) in [5.74, 6) is -6.33. The van der Waals surface area contributed by atoms with Crippen molar-refractivity contribution in [1.82, 2.24) is 41.0 Å². The molecule has 56 heavy (non-hydrogen) atoms. The van der Waals surface area contributed by atoms with Crippen molar-refractivity contribution in [3.05, 3.63) is 64.2 Å². The molecule has 1 aromatic carbocycles. The number of aromatic nitrogens is 4. The SMILES string of the molecule is CC(C)C(=O)Nc1nc2ncc(CN(C(=O)C(F)(F)F)c3ccc(C(=O)NNCCOC(C)(C)OCCNC(=O)CCN4C(=O)C=CC4=O)cc3)nc2c(=O)[nH]1. The van der Waals surface area contributed by atoms with E-state index in [4.69, 9.17) is 9.47 Å². The molecule has 0 unspecified atom stereocenters. The van der Waals surface area contributed by atoms with E-state index in [0.717, 1.165) is 35.4 Å². The molecule has 5 N–H and O–H groups in total. The van der Waals surface area contributed by atoms with E-state index < -0.39 is 59.5 Å². The lowest BCUT2D eigenvalue weighted by Gasteiger charge is -2.26. The Kier molecular flexibility index (Phi) is 14.1. The summed E-state index contributed by atoms with van der Waals surface area (Å²) >= 11 is 0. The van der Waals surface area contributed by atoms with Gasteiger partial charge in [-0.05, 0) is 38.1 Å². The van der Waals surface area contributed by atoms with Crippen LogP contribution in [0.4, 0.5) is 24.8 Å². The molecule has 0 aliphatic carbocycles. The maximum absolute atomic E-state index is 13.6. The summed E-state index contributed by atoms with van der Waals surface area (Å²) in [6.07, 6.45) is -2.04. The largest absolute Gasteiger partial charge is 0.471 e. The molecule has 0 bridgehead atoms. The second kappa shape index (κ2) is 18.5. The second-order valence-electron chi connectivity index (χ2n) is 12.8. The number of nitrogens with one attached hydrogen (secondary N) is 5. The van der Waals surface area contributed by atoms with Gasteiger partial charge in [-0.1, -0.05) is 13.8 Å². The van der Waals surface area contributed by atoms with E-state index >= 15 is 0 Å². The lowest BCUT2D eigenvalue weighted by atomic mass is 10.1. The van der Waals surface area contributed by atoms with Gasteiger partial charge in [-0.25, -0.2) is 15.4 Å². The van der Waals surface area contributed by atoms with E-state index in [2.05, 4.69) is 41.4 Å². The number of carbonyl (C=O) groups excluding carboxylic acids is 6. The monoisotopic (exact) mass is 788 g/mol. The highest BCUT2D eigenvalue weighted by atomic mass is 19.4. The molecule has 4 rings (SSSR count). The van der Waals surface area contributed by atoms with Gasteiger partial charge in [-0.3, -0.25) is 59.1 Å². The summed E-state index contributed by atoms with van der Waals surface area (Å²) in [5, 5.41) is 5.03. The number of halogens is 3. The Morgan fingerprint density at radius 1 is 0.946 bits per heavy atom. The van der Waals surface area contributed by atoms with Crippen molar-refractivity contribution >= 4 is 58.2 Å². The highest BCUT2D eigenvalue weighted by Gasteiger charge is 2.43. The summed E-state index contributed by atoms with van der Waals surface area (Å²) in [7, 11) is 0. The van der Waals surface area contributed by atoms with E-state index in [9.17, 15) is 46.7 Å². The van der Waals surface area contributed by atoms with Crippen molar-refractivity contribution in [1.29, 1.82) is 0 Å². The fraction of sp³-hybridized carbons (Fsp3) is 0.412. The van der Waals surface area contributed by atoms with Crippen molar-refractivity contribution < 1.29 is 51.4 Å².